The predicted octanol–water partition coefficient (Wildman–Crippen LogP) is 3.25. The summed E-state index contributed by atoms with van der Waals surface area (Å²) in [6, 6.07) is 3.97. The summed E-state index contributed by atoms with van der Waals surface area (Å²) >= 11 is 3.14. The molecule has 0 unspecified atom stereocenters. The van der Waals surface area contributed by atoms with Crippen molar-refractivity contribution in [2.75, 3.05) is 0 Å². The molecule has 0 aliphatic carbocycles. The molecule has 0 aromatic heterocycles. The monoisotopic (exact) mass is 351 g/mol. The zero-order chi connectivity index (χ0) is 15.3. The summed E-state index contributed by atoms with van der Waals surface area (Å²) in [5.74, 6) is -0.934. The first-order chi connectivity index (χ1) is 9.31. The lowest BCUT2D eigenvalue weighted by Gasteiger charge is -2.18. The maximum atomic E-state index is 12.1. The van der Waals surface area contributed by atoms with Crippen molar-refractivity contribution in [2.45, 2.75) is 33.0 Å². The van der Waals surface area contributed by atoms with Gasteiger partial charge in [-0.25, -0.2) is 0 Å². The average molecular weight is 352 g/mol. The van der Waals surface area contributed by atoms with Crippen LogP contribution in [0.5, 0.6) is 5.75 Å². The van der Waals surface area contributed by atoms with Gasteiger partial charge in [-0.3, -0.25) is 4.79 Å². The summed E-state index contributed by atoms with van der Waals surface area (Å²) in [6.45, 7) is 1.05. The molecule has 1 atom stereocenters. The molecule has 0 saturated carbocycles. The molecule has 20 heavy (non-hydrogen) atoms. The average Bonchev–Trinajstić information content (AvgIpc) is 2.31. The summed E-state index contributed by atoms with van der Waals surface area (Å²) < 4.78 is 28.9. The number of aliphatic carboxylic acids is 1. The van der Waals surface area contributed by atoms with Gasteiger partial charge in [0.05, 0.1) is 4.47 Å². The van der Waals surface area contributed by atoms with Gasteiger partial charge in [0.25, 0.3) is 0 Å². The summed E-state index contributed by atoms with van der Waals surface area (Å²) in [5.41, 5.74) is 0.769. The van der Waals surface area contributed by atoms with Gasteiger partial charge < -0.3 is 15.2 Å². The van der Waals surface area contributed by atoms with E-state index in [1.165, 1.54) is 6.07 Å². The van der Waals surface area contributed by atoms with Crippen molar-refractivity contribution < 1.29 is 23.4 Å². The molecule has 0 aliphatic rings. The zero-order valence-corrected chi connectivity index (χ0v) is 12.7. The number of hydrogen-bond acceptors (Lipinski definition) is 3. The van der Waals surface area contributed by atoms with Crippen molar-refractivity contribution in [1.29, 1.82) is 0 Å². The van der Waals surface area contributed by atoms with E-state index >= 15 is 0 Å². The highest BCUT2D eigenvalue weighted by molar-refractivity contribution is 9.10. The molecule has 0 aliphatic heterocycles. The standard InChI is InChI=1S/C13H16BrF2NO3/c1-7(2)11(12(18)19)17-6-8-3-4-10(9(14)5-8)20-13(15)16/h3-5,7,11,13,17H,6H2,1-2H3,(H,18,19)/t11-/m0/s1. The zero-order valence-electron chi connectivity index (χ0n) is 11.1. The molecule has 7 heteroatoms. The second-order valence-corrected chi connectivity index (χ2v) is 5.44. The first kappa shape index (κ1) is 16.8. The lowest BCUT2D eigenvalue weighted by Crippen LogP contribution is -2.40. The van der Waals surface area contributed by atoms with Crippen LogP contribution in [0.2, 0.25) is 0 Å². The Balaban J connectivity index is 2.69. The van der Waals surface area contributed by atoms with Crippen LogP contribution in [0.4, 0.5) is 8.78 Å². The van der Waals surface area contributed by atoms with E-state index in [1.54, 1.807) is 26.0 Å². The minimum absolute atomic E-state index is 0.0439. The Morgan fingerprint density at radius 3 is 2.55 bits per heavy atom. The maximum absolute atomic E-state index is 12.1. The smallest absolute Gasteiger partial charge is 0.387 e. The fourth-order valence-electron chi connectivity index (χ4n) is 1.68. The molecule has 4 nitrogen and oxygen atoms in total. The number of carboxylic acids is 1. The van der Waals surface area contributed by atoms with Crippen molar-refractivity contribution in [3.63, 3.8) is 0 Å². The molecule has 112 valence electrons. The number of rotatable bonds is 7. The van der Waals surface area contributed by atoms with Crippen molar-refractivity contribution in [2.24, 2.45) is 5.92 Å². The number of nitrogens with one attached hydrogen (secondary N) is 1. The van der Waals surface area contributed by atoms with Crippen LogP contribution in [0.25, 0.3) is 0 Å². The molecule has 1 aromatic carbocycles. The van der Waals surface area contributed by atoms with E-state index in [1.807, 2.05) is 0 Å². The number of alkyl halides is 2. The second kappa shape index (κ2) is 7.54. The van der Waals surface area contributed by atoms with Crippen LogP contribution >= 0.6 is 15.9 Å². The van der Waals surface area contributed by atoms with E-state index in [-0.39, 0.29) is 11.7 Å². The topological polar surface area (TPSA) is 58.6 Å². The minimum atomic E-state index is -2.88. The third-order valence-corrected chi connectivity index (χ3v) is 3.29. The molecule has 0 bridgehead atoms. The van der Waals surface area contributed by atoms with Gasteiger partial charge in [-0.15, -0.1) is 0 Å². The van der Waals surface area contributed by atoms with Gasteiger partial charge >= 0.3 is 12.6 Å². The molecule has 0 spiro atoms. The van der Waals surface area contributed by atoms with Crippen LogP contribution in [-0.2, 0) is 11.3 Å². The SMILES string of the molecule is CC(C)[C@H](NCc1ccc(OC(F)F)c(Br)c1)C(=O)O. The normalized spacial score (nSPS) is 12.8. The number of ether oxygens (including phenoxy) is 1. The molecule has 2 N–H and O–H groups in total. The van der Waals surface area contributed by atoms with Gasteiger partial charge in [-0.05, 0) is 39.5 Å². The summed E-state index contributed by atoms with van der Waals surface area (Å²) in [4.78, 5) is 11.0. The molecule has 0 radical (unpaired) electrons. The van der Waals surface area contributed by atoms with E-state index in [0.717, 1.165) is 5.56 Å². The third kappa shape index (κ3) is 5.05. The van der Waals surface area contributed by atoms with E-state index in [9.17, 15) is 13.6 Å². The third-order valence-electron chi connectivity index (χ3n) is 2.67. The van der Waals surface area contributed by atoms with Gasteiger partial charge in [0, 0.05) is 6.54 Å². The summed E-state index contributed by atoms with van der Waals surface area (Å²) in [5, 5.41) is 12.0. The highest BCUT2D eigenvalue weighted by Gasteiger charge is 2.20. The van der Waals surface area contributed by atoms with E-state index in [4.69, 9.17) is 5.11 Å². The Hall–Kier alpha value is -1.21. The molecule has 1 rings (SSSR count). The number of benzene rings is 1. The molecule has 0 saturated heterocycles. The molecular weight excluding hydrogens is 336 g/mol. The van der Waals surface area contributed by atoms with Gasteiger partial charge in [0.2, 0.25) is 0 Å². The minimum Gasteiger partial charge on any atom is -0.480 e. The first-order valence-corrected chi connectivity index (χ1v) is 6.80. The second-order valence-electron chi connectivity index (χ2n) is 4.58. The van der Waals surface area contributed by atoms with Crippen LogP contribution in [0.15, 0.2) is 22.7 Å². The van der Waals surface area contributed by atoms with Gasteiger partial charge in [-0.1, -0.05) is 19.9 Å². The quantitative estimate of drug-likeness (QED) is 0.791. The van der Waals surface area contributed by atoms with Gasteiger partial charge in [0.15, 0.2) is 0 Å². The lowest BCUT2D eigenvalue weighted by molar-refractivity contribution is -0.140. The summed E-state index contributed by atoms with van der Waals surface area (Å²) in [7, 11) is 0. The Bertz CT molecular complexity index is 469. The van der Waals surface area contributed by atoms with Crippen molar-refractivity contribution in [1.82, 2.24) is 5.32 Å². The van der Waals surface area contributed by atoms with Gasteiger partial charge in [0.1, 0.15) is 11.8 Å². The van der Waals surface area contributed by atoms with Crippen LogP contribution in [0.1, 0.15) is 19.4 Å². The number of hydrogen-bond donors (Lipinski definition) is 2. The molecular formula is C13H16BrF2NO3. The molecule has 0 heterocycles. The highest BCUT2D eigenvalue weighted by atomic mass is 79.9. The Morgan fingerprint density at radius 2 is 2.10 bits per heavy atom. The first-order valence-electron chi connectivity index (χ1n) is 6.00. The molecule has 0 fully saturated rings. The summed E-state index contributed by atoms with van der Waals surface area (Å²) in [6.07, 6.45) is 0. The Kier molecular flexibility index (Phi) is 6.35. The van der Waals surface area contributed by atoms with Crippen LogP contribution in [0, 0.1) is 5.92 Å². The lowest BCUT2D eigenvalue weighted by atomic mass is 10.0. The maximum Gasteiger partial charge on any atom is 0.387 e. The number of carbonyl (C=O) groups is 1. The Labute approximate surface area is 124 Å². The Morgan fingerprint density at radius 1 is 1.45 bits per heavy atom. The van der Waals surface area contributed by atoms with Crippen molar-refractivity contribution in [3.8, 4) is 5.75 Å². The van der Waals surface area contributed by atoms with Crippen LogP contribution in [-0.4, -0.2) is 23.7 Å². The largest absolute Gasteiger partial charge is 0.480 e. The van der Waals surface area contributed by atoms with Gasteiger partial charge in [-0.2, -0.15) is 8.78 Å². The fraction of sp³-hybridized carbons (Fsp3) is 0.462. The van der Waals surface area contributed by atoms with E-state index in [2.05, 4.69) is 26.0 Å². The predicted molar refractivity (Wildman–Crippen MR) is 73.9 cm³/mol. The van der Waals surface area contributed by atoms with E-state index in [0.29, 0.717) is 11.0 Å². The highest BCUT2D eigenvalue weighted by Crippen LogP contribution is 2.27. The fourth-order valence-corrected chi connectivity index (χ4v) is 2.20. The molecule has 1 aromatic rings. The van der Waals surface area contributed by atoms with Crippen molar-refractivity contribution in [3.05, 3.63) is 28.2 Å². The number of halogens is 3. The van der Waals surface area contributed by atoms with Crippen molar-refractivity contribution >= 4 is 21.9 Å². The molecule has 0 amide bonds. The van der Waals surface area contributed by atoms with E-state index < -0.39 is 18.6 Å². The van der Waals surface area contributed by atoms with Crippen LogP contribution < -0.4 is 10.1 Å². The van der Waals surface area contributed by atoms with Crippen LogP contribution in [0.3, 0.4) is 0 Å². The number of carboxylic acid groups (broad SMARTS) is 1.